The number of carboxylic acid groups (broad SMARTS) is 1. The van der Waals surface area contributed by atoms with E-state index in [4.69, 9.17) is 19.4 Å². The van der Waals surface area contributed by atoms with Gasteiger partial charge in [-0.3, -0.25) is 15.4 Å². The van der Waals surface area contributed by atoms with E-state index in [0.29, 0.717) is 33.2 Å². The topological polar surface area (TPSA) is 183 Å². The molecule has 2 aromatic carbocycles. The van der Waals surface area contributed by atoms with Gasteiger partial charge >= 0.3 is 17.8 Å². The van der Waals surface area contributed by atoms with Gasteiger partial charge in [0, 0.05) is 11.5 Å². The number of rotatable bonds is 5. The van der Waals surface area contributed by atoms with Crippen molar-refractivity contribution >= 4 is 45.4 Å². The molecule has 13 nitrogen and oxygen atoms in total. The number of anilines is 2. The first-order valence-electron chi connectivity index (χ1n) is 9.97. The van der Waals surface area contributed by atoms with Gasteiger partial charge in [0.2, 0.25) is 17.8 Å². The molecule has 0 unspecified atom stereocenters. The minimum atomic E-state index is -5.08. The molecular weight excluding hydrogens is 505 g/mol. The number of nitro groups is 1. The molecule has 0 aliphatic rings. The van der Waals surface area contributed by atoms with Crippen molar-refractivity contribution in [3.63, 3.8) is 0 Å². The number of fused-ring (bicyclic) bond motifs is 2. The van der Waals surface area contributed by atoms with Crippen LogP contribution in [0.25, 0.3) is 21.8 Å². The lowest BCUT2D eigenvalue weighted by atomic mass is 10.1. The zero-order valence-electron chi connectivity index (χ0n) is 19.2. The average Bonchev–Trinajstić information content (AvgIpc) is 2.82. The molecule has 3 N–H and O–H groups in total. The number of aliphatic carboxylic acids is 1. The number of nitrogens with zero attached hydrogens (tertiary/aromatic N) is 5. The first-order chi connectivity index (χ1) is 17.3. The Hall–Kier alpha value is -5.02. The lowest BCUT2D eigenvalue weighted by Crippen LogP contribution is -2.21. The van der Waals surface area contributed by atoms with E-state index in [0.717, 1.165) is 0 Å². The molecule has 2 heterocycles. The molecule has 0 saturated carbocycles. The number of aromatic hydroxyl groups is 1. The van der Waals surface area contributed by atoms with Crippen LogP contribution in [0.4, 0.5) is 30.8 Å². The second-order valence-corrected chi connectivity index (χ2v) is 7.09. The van der Waals surface area contributed by atoms with E-state index in [1.54, 1.807) is 25.1 Å². The largest absolute Gasteiger partial charge is 0.494 e. The van der Waals surface area contributed by atoms with Gasteiger partial charge in [0.25, 0.3) is 0 Å². The van der Waals surface area contributed by atoms with Crippen LogP contribution in [0.2, 0.25) is 0 Å². The number of benzene rings is 2. The number of aromatic nitrogens is 4. The van der Waals surface area contributed by atoms with Crippen LogP contribution in [0, 0.1) is 17.0 Å². The molecule has 2 aromatic heterocycles. The fourth-order valence-corrected chi connectivity index (χ4v) is 3.09. The van der Waals surface area contributed by atoms with Crippen molar-refractivity contribution in [3.8, 4) is 17.4 Å². The molecule has 0 bridgehead atoms. The monoisotopic (exact) mass is 522 g/mol. The first-order valence-corrected chi connectivity index (χ1v) is 9.97. The third-order valence-corrected chi connectivity index (χ3v) is 4.74. The van der Waals surface area contributed by atoms with Crippen molar-refractivity contribution in [2.24, 2.45) is 0 Å². The molecule has 4 rings (SSSR count). The van der Waals surface area contributed by atoms with Crippen LogP contribution in [-0.4, -0.2) is 61.4 Å². The van der Waals surface area contributed by atoms with E-state index in [-0.39, 0.29) is 29.2 Å². The number of methoxy groups -OCH3 is 2. The van der Waals surface area contributed by atoms with Gasteiger partial charge in [0.05, 0.1) is 35.7 Å². The highest BCUT2D eigenvalue weighted by molar-refractivity contribution is 5.90. The maximum absolute atomic E-state index is 11.3. The van der Waals surface area contributed by atoms with Crippen LogP contribution in [0.3, 0.4) is 0 Å². The Balaban J connectivity index is 0.000000479. The normalized spacial score (nSPS) is 11.0. The zero-order chi connectivity index (χ0) is 27.5. The summed E-state index contributed by atoms with van der Waals surface area (Å²) in [6.07, 6.45) is -5.08. The number of para-hydroxylation sites is 1. The number of halogens is 3. The maximum Gasteiger partial charge on any atom is 0.490 e. The summed E-state index contributed by atoms with van der Waals surface area (Å²) < 4.78 is 42.1. The van der Waals surface area contributed by atoms with Crippen molar-refractivity contribution in [1.29, 1.82) is 0 Å². The summed E-state index contributed by atoms with van der Waals surface area (Å²) in [5.41, 5.74) is 1.12. The molecule has 37 heavy (non-hydrogen) atoms. The lowest BCUT2D eigenvalue weighted by Gasteiger charge is -2.10. The number of hydrogen-bond acceptors (Lipinski definition) is 11. The fraction of sp³-hybridized carbons (Fsp3) is 0.190. The van der Waals surface area contributed by atoms with Gasteiger partial charge in [-0.05, 0) is 25.1 Å². The van der Waals surface area contributed by atoms with Crippen LogP contribution in [0.5, 0.6) is 17.4 Å². The molecule has 0 atom stereocenters. The molecule has 0 aliphatic carbocycles. The molecule has 0 spiro atoms. The third kappa shape index (κ3) is 5.80. The highest BCUT2D eigenvalue weighted by Gasteiger charge is 2.38. The van der Waals surface area contributed by atoms with E-state index in [2.05, 4.69) is 25.3 Å². The van der Waals surface area contributed by atoms with Crippen LogP contribution < -0.4 is 14.8 Å². The van der Waals surface area contributed by atoms with Crippen LogP contribution in [-0.2, 0) is 4.79 Å². The molecule has 0 amide bonds. The number of nitrogens with one attached hydrogen (secondary N) is 1. The third-order valence-electron chi connectivity index (χ3n) is 4.74. The summed E-state index contributed by atoms with van der Waals surface area (Å²) >= 11 is 0. The Morgan fingerprint density at radius 1 is 1.03 bits per heavy atom. The summed E-state index contributed by atoms with van der Waals surface area (Å²) in [5.74, 6) is -2.24. The van der Waals surface area contributed by atoms with E-state index in [1.165, 1.54) is 26.4 Å². The van der Waals surface area contributed by atoms with Crippen molar-refractivity contribution in [1.82, 2.24) is 19.9 Å². The van der Waals surface area contributed by atoms with E-state index >= 15 is 0 Å². The number of carbonyl (C=O) groups is 1. The van der Waals surface area contributed by atoms with E-state index in [1.807, 2.05) is 0 Å². The Morgan fingerprint density at radius 2 is 1.65 bits per heavy atom. The number of nitro benzene ring substituents is 1. The average molecular weight is 522 g/mol. The Morgan fingerprint density at radius 3 is 2.22 bits per heavy atom. The number of hydrogen-bond donors (Lipinski definition) is 3. The minimum Gasteiger partial charge on any atom is -0.494 e. The van der Waals surface area contributed by atoms with Crippen LogP contribution in [0.15, 0.2) is 30.3 Å². The summed E-state index contributed by atoms with van der Waals surface area (Å²) in [5, 5.41) is 32.6. The van der Waals surface area contributed by atoms with Crippen LogP contribution >= 0.6 is 0 Å². The number of ether oxygens (including phenoxy) is 2. The fourth-order valence-electron chi connectivity index (χ4n) is 3.09. The van der Waals surface area contributed by atoms with Crippen molar-refractivity contribution in [3.05, 3.63) is 46.1 Å². The SMILES string of the molecule is COc1cc2c(C)nc(Nc3nc(O)c4cccc(OC)c4n3)nc2cc1[N+](=O)[O-].O=C(O)C(F)(F)F. The molecule has 0 aliphatic heterocycles. The second kappa shape index (κ2) is 10.3. The smallest absolute Gasteiger partial charge is 0.490 e. The number of alkyl halides is 3. The van der Waals surface area contributed by atoms with Gasteiger partial charge in [-0.2, -0.15) is 18.2 Å². The molecule has 0 fully saturated rings. The first kappa shape index (κ1) is 26.6. The van der Waals surface area contributed by atoms with Gasteiger partial charge in [0.15, 0.2) is 5.75 Å². The molecule has 16 heteroatoms. The van der Waals surface area contributed by atoms with Gasteiger partial charge in [0.1, 0.15) is 11.3 Å². The van der Waals surface area contributed by atoms with Gasteiger partial charge in [-0.25, -0.2) is 19.7 Å². The Bertz CT molecular complexity index is 1510. The van der Waals surface area contributed by atoms with Crippen molar-refractivity contribution < 1.29 is 42.6 Å². The predicted molar refractivity (Wildman–Crippen MR) is 122 cm³/mol. The van der Waals surface area contributed by atoms with Crippen LogP contribution in [0.1, 0.15) is 5.69 Å². The van der Waals surface area contributed by atoms with Gasteiger partial charge in [-0.15, -0.1) is 0 Å². The molecule has 0 saturated heterocycles. The number of aryl methyl sites for hydroxylation is 1. The van der Waals surface area contributed by atoms with Gasteiger partial charge < -0.3 is 19.7 Å². The van der Waals surface area contributed by atoms with Crippen molar-refractivity contribution in [2.45, 2.75) is 13.1 Å². The quantitative estimate of drug-likeness (QED) is 0.254. The Kier molecular flexibility index (Phi) is 7.40. The summed E-state index contributed by atoms with van der Waals surface area (Å²) in [7, 11) is 2.86. The Labute approximate surface area is 204 Å². The molecule has 0 radical (unpaired) electrons. The van der Waals surface area contributed by atoms with Gasteiger partial charge in [-0.1, -0.05) is 6.07 Å². The lowest BCUT2D eigenvalue weighted by molar-refractivity contribution is -0.385. The maximum atomic E-state index is 11.3. The van der Waals surface area contributed by atoms with Crippen molar-refractivity contribution in [2.75, 3.05) is 19.5 Å². The minimum absolute atomic E-state index is 0.0475. The summed E-state index contributed by atoms with van der Waals surface area (Å²) in [6.45, 7) is 1.74. The summed E-state index contributed by atoms with van der Waals surface area (Å²) in [6, 6.07) is 7.93. The highest BCUT2D eigenvalue weighted by atomic mass is 19.4. The number of carboxylic acids is 1. The zero-order valence-corrected chi connectivity index (χ0v) is 19.2. The highest BCUT2D eigenvalue weighted by Crippen LogP contribution is 2.33. The molecule has 194 valence electrons. The predicted octanol–water partition coefficient (Wildman–Crippen LogP) is 3.89. The molecule has 4 aromatic rings. The van der Waals surface area contributed by atoms with E-state index < -0.39 is 17.1 Å². The van der Waals surface area contributed by atoms with E-state index in [9.17, 15) is 28.4 Å². The standard InChI is InChI=1S/C19H16N6O5.C2HF3O2/c1-9-11-7-15(30-3)13(25(27)28)8-12(11)21-18(20-9)24-19-22-16-10(17(26)23-19)5-4-6-14(16)29-2;3-2(4,5)1(6)7/h4-8H,1-3H3,(H2,20,21,22,23,24,26);(H,6,7). The second-order valence-electron chi connectivity index (χ2n) is 7.09. The summed E-state index contributed by atoms with van der Waals surface area (Å²) in [4.78, 5) is 36.7. The molecular formula is C21H17F3N6O7.